The number of pyridine rings is 2. The van der Waals surface area contributed by atoms with E-state index in [1.165, 1.54) is 0 Å². The van der Waals surface area contributed by atoms with E-state index < -0.39 is 15.6 Å². The fourth-order valence-corrected chi connectivity index (χ4v) is 5.01. The van der Waals surface area contributed by atoms with Crippen LogP contribution in [0.2, 0.25) is 5.15 Å². The number of ether oxygens (including phenoxy) is 1. The van der Waals surface area contributed by atoms with E-state index in [1.54, 1.807) is 32.3 Å². The van der Waals surface area contributed by atoms with Gasteiger partial charge in [-0.3, -0.25) is 14.5 Å². The van der Waals surface area contributed by atoms with Gasteiger partial charge >= 0.3 is 0 Å². The van der Waals surface area contributed by atoms with Crippen molar-refractivity contribution in [1.82, 2.24) is 9.97 Å². The standard InChI is InChI=1S/C21H19ClN4O4S/c1-21(2)20(27)25-17-10-23-15-6-3-11(7-14(15)18(17)30-21)12-8-16(19(22)24-9-12)26-31(28,29)13-4-5-13/h3,6-10,13,26H,4-5H2,1-2H3,(H,25,27). The predicted molar refractivity (Wildman–Crippen MR) is 119 cm³/mol. The third-order valence-corrected chi connectivity index (χ3v) is 7.51. The Morgan fingerprint density at radius 2 is 1.94 bits per heavy atom. The van der Waals surface area contributed by atoms with Crippen LogP contribution in [0.3, 0.4) is 0 Å². The number of hydrogen-bond donors (Lipinski definition) is 2. The third kappa shape index (κ3) is 3.57. The van der Waals surface area contributed by atoms with Crippen molar-refractivity contribution in [3.8, 4) is 16.9 Å². The Labute approximate surface area is 184 Å². The summed E-state index contributed by atoms with van der Waals surface area (Å²) >= 11 is 6.14. The van der Waals surface area contributed by atoms with E-state index in [9.17, 15) is 13.2 Å². The number of aromatic nitrogens is 2. The second-order valence-electron chi connectivity index (χ2n) is 8.21. The van der Waals surface area contributed by atoms with Crippen LogP contribution in [0.25, 0.3) is 22.0 Å². The SMILES string of the molecule is CC1(C)Oc2c(cnc3ccc(-c4cnc(Cl)c(NS(=O)(=O)C5CC5)c4)cc23)NC1=O. The van der Waals surface area contributed by atoms with Crippen molar-refractivity contribution in [1.29, 1.82) is 0 Å². The Balaban J connectivity index is 1.58. The Kier molecular flexibility index (Phi) is 4.39. The summed E-state index contributed by atoms with van der Waals surface area (Å²) in [5.74, 6) is 0.292. The number of amides is 1. The van der Waals surface area contributed by atoms with Crippen molar-refractivity contribution in [2.75, 3.05) is 10.0 Å². The highest BCUT2D eigenvalue weighted by Gasteiger charge is 2.37. The first-order valence-electron chi connectivity index (χ1n) is 9.75. The molecule has 3 aromatic rings. The molecule has 10 heteroatoms. The highest BCUT2D eigenvalue weighted by Crippen LogP contribution is 2.40. The minimum absolute atomic E-state index is 0.0839. The van der Waals surface area contributed by atoms with Gasteiger partial charge in [-0.15, -0.1) is 0 Å². The third-order valence-electron chi connectivity index (χ3n) is 5.36. The number of carbonyl (C=O) groups excluding carboxylic acids is 1. The van der Waals surface area contributed by atoms with Crippen molar-refractivity contribution in [2.45, 2.75) is 37.5 Å². The van der Waals surface area contributed by atoms with Gasteiger partial charge in [0.1, 0.15) is 5.69 Å². The molecule has 0 unspecified atom stereocenters. The zero-order valence-electron chi connectivity index (χ0n) is 16.8. The molecule has 8 nitrogen and oxygen atoms in total. The number of halogens is 1. The maximum atomic E-state index is 12.3. The van der Waals surface area contributed by atoms with Crippen molar-refractivity contribution >= 4 is 49.8 Å². The van der Waals surface area contributed by atoms with Crippen molar-refractivity contribution in [3.63, 3.8) is 0 Å². The second-order valence-corrected chi connectivity index (χ2v) is 10.5. The largest absolute Gasteiger partial charge is 0.475 e. The van der Waals surface area contributed by atoms with Crippen molar-refractivity contribution in [3.05, 3.63) is 41.8 Å². The lowest BCUT2D eigenvalue weighted by atomic mass is 10.0. The van der Waals surface area contributed by atoms with Crippen LogP contribution in [0.15, 0.2) is 36.7 Å². The van der Waals surface area contributed by atoms with Gasteiger partial charge < -0.3 is 10.1 Å². The van der Waals surface area contributed by atoms with Crippen molar-refractivity contribution < 1.29 is 17.9 Å². The minimum Gasteiger partial charge on any atom is -0.475 e. The summed E-state index contributed by atoms with van der Waals surface area (Å²) < 4.78 is 33.2. The van der Waals surface area contributed by atoms with E-state index >= 15 is 0 Å². The van der Waals surface area contributed by atoms with E-state index in [0.717, 1.165) is 10.9 Å². The van der Waals surface area contributed by atoms with Gasteiger partial charge in [0.05, 0.1) is 22.7 Å². The molecule has 1 aliphatic heterocycles. The monoisotopic (exact) mass is 458 g/mol. The average Bonchev–Trinajstić information content (AvgIpc) is 3.56. The highest BCUT2D eigenvalue weighted by atomic mass is 35.5. The molecule has 1 amide bonds. The van der Waals surface area contributed by atoms with Gasteiger partial charge in [-0.1, -0.05) is 17.7 Å². The van der Waals surface area contributed by atoms with E-state index in [4.69, 9.17) is 16.3 Å². The van der Waals surface area contributed by atoms with Crippen molar-refractivity contribution in [2.24, 2.45) is 0 Å². The molecule has 0 radical (unpaired) electrons. The van der Waals surface area contributed by atoms with Crippen LogP contribution in [0, 0.1) is 0 Å². The highest BCUT2D eigenvalue weighted by molar-refractivity contribution is 7.93. The van der Waals surface area contributed by atoms with Gasteiger partial charge in [0.25, 0.3) is 5.91 Å². The number of nitrogens with zero attached hydrogens (tertiary/aromatic N) is 2. The number of fused-ring (bicyclic) bond motifs is 3. The first-order valence-corrected chi connectivity index (χ1v) is 11.7. The summed E-state index contributed by atoms with van der Waals surface area (Å²) in [5.41, 5.74) is 1.87. The van der Waals surface area contributed by atoms with Crippen LogP contribution in [-0.2, 0) is 14.8 Å². The number of carbonyl (C=O) groups is 1. The van der Waals surface area contributed by atoms with Gasteiger partial charge in [0, 0.05) is 17.1 Å². The van der Waals surface area contributed by atoms with Gasteiger partial charge in [0.15, 0.2) is 16.5 Å². The minimum atomic E-state index is -3.47. The molecule has 2 aromatic heterocycles. The van der Waals surface area contributed by atoms with Crippen LogP contribution in [0.1, 0.15) is 26.7 Å². The van der Waals surface area contributed by atoms with E-state index in [-0.39, 0.29) is 22.0 Å². The first-order chi connectivity index (χ1) is 14.6. The molecule has 5 rings (SSSR count). The Morgan fingerprint density at radius 1 is 1.16 bits per heavy atom. The summed E-state index contributed by atoms with van der Waals surface area (Å²) in [5, 5.41) is 3.26. The number of sulfonamides is 1. The first kappa shape index (κ1) is 20.0. The summed E-state index contributed by atoms with van der Waals surface area (Å²) in [7, 11) is -3.47. The van der Waals surface area contributed by atoms with Crippen LogP contribution in [-0.4, -0.2) is 35.1 Å². The number of hydrogen-bond acceptors (Lipinski definition) is 6. The van der Waals surface area contributed by atoms with Crippen LogP contribution in [0.5, 0.6) is 5.75 Å². The molecule has 0 spiro atoms. The van der Waals surface area contributed by atoms with Crippen LogP contribution >= 0.6 is 11.6 Å². The topological polar surface area (TPSA) is 110 Å². The molecule has 1 saturated carbocycles. The lowest BCUT2D eigenvalue weighted by Crippen LogP contribution is -2.45. The fraction of sp³-hybridized carbons (Fsp3) is 0.286. The zero-order chi connectivity index (χ0) is 22.0. The normalized spacial score (nSPS) is 17.6. The smallest absolute Gasteiger partial charge is 0.268 e. The Bertz CT molecular complexity index is 1350. The molecule has 0 bridgehead atoms. The summed E-state index contributed by atoms with van der Waals surface area (Å²) in [6, 6.07) is 7.23. The number of rotatable bonds is 4. The maximum Gasteiger partial charge on any atom is 0.268 e. The average molecular weight is 459 g/mol. The molecule has 1 aliphatic carbocycles. The van der Waals surface area contributed by atoms with Gasteiger partial charge in [0.2, 0.25) is 10.0 Å². The number of anilines is 2. The Morgan fingerprint density at radius 3 is 2.68 bits per heavy atom. The van der Waals surface area contributed by atoms with Crippen LogP contribution < -0.4 is 14.8 Å². The van der Waals surface area contributed by atoms with Gasteiger partial charge in [-0.25, -0.2) is 13.4 Å². The maximum absolute atomic E-state index is 12.3. The molecule has 160 valence electrons. The number of benzene rings is 1. The summed E-state index contributed by atoms with van der Waals surface area (Å²) in [4.78, 5) is 20.7. The molecule has 0 saturated heterocycles. The predicted octanol–water partition coefficient (Wildman–Crippen LogP) is 3.96. The van der Waals surface area contributed by atoms with E-state index in [2.05, 4.69) is 20.0 Å². The summed E-state index contributed by atoms with van der Waals surface area (Å²) in [6.07, 6.45) is 4.44. The molecule has 3 heterocycles. The molecule has 2 aliphatic rings. The molecule has 0 atom stereocenters. The van der Waals surface area contributed by atoms with Crippen LogP contribution in [0.4, 0.5) is 11.4 Å². The van der Waals surface area contributed by atoms with Gasteiger partial charge in [-0.2, -0.15) is 0 Å². The molecule has 31 heavy (non-hydrogen) atoms. The zero-order valence-corrected chi connectivity index (χ0v) is 18.3. The number of nitrogens with one attached hydrogen (secondary N) is 2. The molecular weight excluding hydrogens is 440 g/mol. The molecule has 2 N–H and O–H groups in total. The second kappa shape index (κ2) is 6.80. The molecular formula is C21H19ClN4O4S. The Hall–Kier alpha value is -2.91. The molecule has 1 fully saturated rings. The molecule has 1 aromatic carbocycles. The van der Waals surface area contributed by atoms with Gasteiger partial charge in [-0.05, 0) is 50.5 Å². The lowest BCUT2D eigenvalue weighted by Gasteiger charge is -2.32. The van der Waals surface area contributed by atoms with E-state index in [1.807, 2.05) is 18.2 Å². The summed E-state index contributed by atoms with van der Waals surface area (Å²) in [6.45, 7) is 3.39. The lowest BCUT2D eigenvalue weighted by molar-refractivity contribution is -0.129. The van der Waals surface area contributed by atoms with E-state index in [0.29, 0.717) is 35.4 Å². The quantitative estimate of drug-likeness (QED) is 0.572. The fourth-order valence-electron chi connectivity index (χ4n) is 3.41.